The number of piperidine rings is 1. The number of amides is 1. The number of carbonyl (C=O) groups is 1. The number of rotatable bonds is 8. The van der Waals surface area contributed by atoms with Crippen molar-refractivity contribution in [2.45, 2.75) is 52.7 Å². The zero-order chi connectivity index (χ0) is 24.1. The van der Waals surface area contributed by atoms with Crippen LogP contribution in [-0.4, -0.2) is 41.9 Å². The Bertz CT molecular complexity index is 1100. The summed E-state index contributed by atoms with van der Waals surface area (Å²) in [5, 5.41) is 11.3. The van der Waals surface area contributed by atoms with Crippen molar-refractivity contribution in [3.8, 4) is 5.75 Å². The van der Waals surface area contributed by atoms with Gasteiger partial charge in [-0.15, -0.1) is 0 Å². The molecule has 0 saturated carbocycles. The maximum Gasteiger partial charge on any atom is 0.255 e. The predicted molar refractivity (Wildman–Crippen MR) is 137 cm³/mol. The number of hydrogen-bond acceptors (Lipinski definition) is 5. The van der Waals surface area contributed by atoms with Crippen LogP contribution in [0.15, 0.2) is 48.5 Å². The first-order valence-corrected chi connectivity index (χ1v) is 12.0. The molecule has 0 spiro atoms. The van der Waals surface area contributed by atoms with Crippen molar-refractivity contribution < 1.29 is 9.53 Å². The van der Waals surface area contributed by atoms with Crippen LogP contribution in [-0.2, 0) is 13.1 Å². The van der Waals surface area contributed by atoms with Crippen LogP contribution in [0.4, 0.5) is 11.4 Å². The van der Waals surface area contributed by atoms with Gasteiger partial charge < -0.3 is 20.3 Å². The maximum absolute atomic E-state index is 12.5. The van der Waals surface area contributed by atoms with Gasteiger partial charge in [-0.3, -0.25) is 9.48 Å². The molecular weight excluding hydrogens is 426 g/mol. The fraction of sp³-hybridized carbons (Fsp3) is 0.407. The van der Waals surface area contributed by atoms with Crippen molar-refractivity contribution in [2.75, 3.05) is 30.4 Å². The third kappa shape index (κ3) is 5.42. The minimum Gasteiger partial charge on any atom is -0.497 e. The fourth-order valence-corrected chi connectivity index (χ4v) is 4.59. The van der Waals surface area contributed by atoms with E-state index in [0.717, 1.165) is 56.2 Å². The standard InChI is InChI=1S/C27H35N5O2/c1-5-32-20(3)26(19(2)30-32)18-28-22-14-16-31(17-15-22)24-10-8-23(9-11-24)29-27(33)21-6-12-25(34-4)13-7-21/h6-13,22,28H,5,14-18H2,1-4H3,(H,29,33). The Kier molecular flexibility index (Phi) is 7.53. The SMILES string of the molecule is CCn1nc(C)c(CNC2CCN(c3ccc(NC(=O)c4ccc(OC)cc4)cc3)CC2)c1C. The highest BCUT2D eigenvalue weighted by Crippen LogP contribution is 2.23. The number of methoxy groups -OCH3 is 1. The molecule has 0 bridgehead atoms. The molecule has 2 heterocycles. The summed E-state index contributed by atoms with van der Waals surface area (Å²) in [6.07, 6.45) is 2.21. The molecule has 7 nitrogen and oxygen atoms in total. The Balaban J connectivity index is 1.26. The minimum atomic E-state index is -0.128. The van der Waals surface area contributed by atoms with E-state index in [9.17, 15) is 4.79 Å². The van der Waals surface area contributed by atoms with E-state index in [1.54, 1.807) is 31.4 Å². The van der Waals surface area contributed by atoms with Crippen LogP contribution in [0.2, 0.25) is 0 Å². The van der Waals surface area contributed by atoms with Crippen LogP contribution in [0.25, 0.3) is 0 Å². The molecule has 2 N–H and O–H groups in total. The molecule has 1 amide bonds. The third-order valence-corrected chi connectivity index (χ3v) is 6.74. The monoisotopic (exact) mass is 461 g/mol. The first-order valence-electron chi connectivity index (χ1n) is 12.0. The summed E-state index contributed by atoms with van der Waals surface area (Å²) in [6.45, 7) is 10.2. The average Bonchev–Trinajstić information content (AvgIpc) is 3.15. The number of benzene rings is 2. The quantitative estimate of drug-likeness (QED) is 0.515. The number of ether oxygens (including phenoxy) is 1. The smallest absolute Gasteiger partial charge is 0.255 e. The van der Waals surface area contributed by atoms with E-state index in [1.165, 1.54) is 16.9 Å². The third-order valence-electron chi connectivity index (χ3n) is 6.74. The zero-order valence-electron chi connectivity index (χ0n) is 20.6. The molecule has 3 aromatic rings. The highest BCUT2D eigenvalue weighted by Gasteiger charge is 2.20. The lowest BCUT2D eigenvalue weighted by Gasteiger charge is -2.34. The molecule has 34 heavy (non-hydrogen) atoms. The van der Waals surface area contributed by atoms with Gasteiger partial charge in [-0.1, -0.05) is 0 Å². The summed E-state index contributed by atoms with van der Waals surface area (Å²) in [7, 11) is 1.61. The van der Waals surface area contributed by atoms with Crippen molar-refractivity contribution in [2.24, 2.45) is 0 Å². The van der Waals surface area contributed by atoms with Gasteiger partial charge in [-0.05, 0) is 82.1 Å². The number of nitrogens with zero attached hydrogens (tertiary/aromatic N) is 3. The molecule has 0 atom stereocenters. The second-order valence-electron chi connectivity index (χ2n) is 8.84. The van der Waals surface area contributed by atoms with E-state index >= 15 is 0 Å². The van der Waals surface area contributed by atoms with Gasteiger partial charge in [0.2, 0.25) is 0 Å². The van der Waals surface area contributed by atoms with Gasteiger partial charge in [-0.2, -0.15) is 5.10 Å². The van der Waals surface area contributed by atoms with Crippen molar-refractivity contribution in [3.05, 3.63) is 71.0 Å². The van der Waals surface area contributed by atoms with E-state index in [0.29, 0.717) is 11.6 Å². The Morgan fingerprint density at radius 2 is 1.74 bits per heavy atom. The van der Waals surface area contributed by atoms with E-state index in [1.807, 2.05) is 12.1 Å². The largest absolute Gasteiger partial charge is 0.497 e. The topological polar surface area (TPSA) is 71.4 Å². The van der Waals surface area contributed by atoms with E-state index in [-0.39, 0.29) is 5.91 Å². The molecule has 0 radical (unpaired) electrons. The van der Waals surface area contributed by atoms with Crippen molar-refractivity contribution in [3.63, 3.8) is 0 Å². The summed E-state index contributed by atoms with van der Waals surface area (Å²) >= 11 is 0. The highest BCUT2D eigenvalue weighted by atomic mass is 16.5. The highest BCUT2D eigenvalue weighted by molar-refractivity contribution is 6.04. The lowest BCUT2D eigenvalue weighted by Crippen LogP contribution is -2.42. The number of nitrogens with one attached hydrogen (secondary N) is 2. The molecule has 1 aliphatic rings. The molecule has 0 aliphatic carbocycles. The first kappa shape index (κ1) is 23.8. The van der Waals surface area contributed by atoms with Gasteiger partial charge in [0.15, 0.2) is 0 Å². The summed E-state index contributed by atoms with van der Waals surface area (Å²) in [4.78, 5) is 14.9. The number of aromatic nitrogens is 2. The molecule has 1 aromatic heterocycles. The molecular formula is C27H35N5O2. The summed E-state index contributed by atoms with van der Waals surface area (Å²) in [5.74, 6) is 0.606. The Labute approximate surface area is 202 Å². The first-order chi connectivity index (χ1) is 16.5. The Hall–Kier alpha value is -3.32. The van der Waals surface area contributed by atoms with Gasteiger partial charge in [0, 0.05) is 60.4 Å². The van der Waals surface area contributed by atoms with Crippen LogP contribution >= 0.6 is 0 Å². The van der Waals surface area contributed by atoms with Crippen molar-refractivity contribution in [1.82, 2.24) is 15.1 Å². The molecule has 2 aromatic carbocycles. The molecule has 4 rings (SSSR count). The van der Waals surface area contributed by atoms with Gasteiger partial charge in [0.1, 0.15) is 5.75 Å². The predicted octanol–water partition coefficient (Wildman–Crippen LogP) is 4.54. The molecule has 0 unspecified atom stereocenters. The van der Waals surface area contributed by atoms with Gasteiger partial charge in [-0.25, -0.2) is 0 Å². The number of anilines is 2. The van der Waals surface area contributed by atoms with Crippen LogP contribution in [0.1, 0.15) is 47.1 Å². The van der Waals surface area contributed by atoms with Crippen molar-refractivity contribution >= 4 is 17.3 Å². The average molecular weight is 462 g/mol. The zero-order valence-corrected chi connectivity index (χ0v) is 20.6. The summed E-state index contributed by atoms with van der Waals surface area (Å²) < 4.78 is 7.23. The molecule has 1 saturated heterocycles. The van der Waals surface area contributed by atoms with Gasteiger partial charge in [0.05, 0.1) is 12.8 Å². The van der Waals surface area contributed by atoms with Gasteiger partial charge >= 0.3 is 0 Å². The second kappa shape index (κ2) is 10.7. The minimum absolute atomic E-state index is 0.128. The molecule has 7 heteroatoms. The lowest BCUT2D eigenvalue weighted by molar-refractivity contribution is 0.102. The molecule has 180 valence electrons. The number of aryl methyl sites for hydroxylation is 2. The lowest BCUT2D eigenvalue weighted by atomic mass is 10.0. The Morgan fingerprint density at radius 3 is 2.32 bits per heavy atom. The summed E-state index contributed by atoms with van der Waals surface area (Å²) in [5.41, 5.74) is 6.31. The summed E-state index contributed by atoms with van der Waals surface area (Å²) in [6, 6.07) is 15.7. The number of carbonyl (C=O) groups excluding carboxylic acids is 1. The molecule has 1 fully saturated rings. The normalized spacial score (nSPS) is 14.3. The Morgan fingerprint density at radius 1 is 1.06 bits per heavy atom. The number of hydrogen-bond donors (Lipinski definition) is 2. The second-order valence-corrected chi connectivity index (χ2v) is 8.84. The van der Waals surface area contributed by atoms with Gasteiger partial charge in [0.25, 0.3) is 5.91 Å². The molecule has 1 aliphatic heterocycles. The van der Waals surface area contributed by atoms with Crippen LogP contribution < -0.4 is 20.3 Å². The fourth-order valence-electron chi connectivity index (χ4n) is 4.59. The van der Waals surface area contributed by atoms with Crippen LogP contribution in [0.5, 0.6) is 5.75 Å². The maximum atomic E-state index is 12.5. The van der Waals surface area contributed by atoms with E-state index in [2.05, 4.69) is 58.2 Å². The van der Waals surface area contributed by atoms with Crippen LogP contribution in [0, 0.1) is 13.8 Å². The van der Waals surface area contributed by atoms with Crippen molar-refractivity contribution in [1.29, 1.82) is 0 Å². The van der Waals surface area contributed by atoms with Crippen LogP contribution in [0.3, 0.4) is 0 Å². The van der Waals surface area contributed by atoms with E-state index < -0.39 is 0 Å². The van der Waals surface area contributed by atoms with E-state index in [4.69, 9.17) is 4.74 Å².